The molecule has 1 amide bonds. The molecule has 0 aliphatic carbocycles. The van der Waals surface area contributed by atoms with Crippen molar-refractivity contribution in [3.8, 4) is 0 Å². The van der Waals surface area contributed by atoms with Gasteiger partial charge in [0.2, 0.25) is 0 Å². The summed E-state index contributed by atoms with van der Waals surface area (Å²) in [6.45, 7) is 3.82. The van der Waals surface area contributed by atoms with Gasteiger partial charge in [-0.15, -0.1) is 0 Å². The van der Waals surface area contributed by atoms with E-state index in [1.807, 2.05) is 6.92 Å². The van der Waals surface area contributed by atoms with E-state index in [0.717, 1.165) is 18.3 Å². The van der Waals surface area contributed by atoms with Crippen molar-refractivity contribution in [2.24, 2.45) is 0 Å². The van der Waals surface area contributed by atoms with Gasteiger partial charge in [-0.1, -0.05) is 0 Å². The third-order valence-electron chi connectivity index (χ3n) is 6.64. The average molecular weight is 552 g/mol. The fourth-order valence-corrected chi connectivity index (χ4v) is 4.75. The van der Waals surface area contributed by atoms with Crippen molar-refractivity contribution in [3.63, 3.8) is 0 Å². The number of nitrogens with zero attached hydrogens (tertiary/aromatic N) is 8. The van der Waals surface area contributed by atoms with Gasteiger partial charge in [0.25, 0.3) is 5.91 Å². The van der Waals surface area contributed by atoms with Gasteiger partial charge < -0.3 is 10.1 Å². The number of fused-ring (bicyclic) bond motifs is 4. The summed E-state index contributed by atoms with van der Waals surface area (Å²) in [7, 11) is 0. The molecule has 0 spiro atoms. The van der Waals surface area contributed by atoms with E-state index >= 15 is 4.39 Å². The van der Waals surface area contributed by atoms with E-state index in [4.69, 9.17) is 5.73 Å². The first-order chi connectivity index (χ1) is 19.0. The van der Waals surface area contributed by atoms with Crippen LogP contribution in [0.2, 0.25) is 0 Å². The van der Waals surface area contributed by atoms with Crippen LogP contribution in [-0.2, 0) is 19.3 Å². The van der Waals surface area contributed by atoms with Crippen LogP contribution in [0.15, 0.2) is 55.1 Å². The smallest absolute Gasteiger partial charge is 0.382 e. The van der Waals surface area contributed by atoms with Crippen LogP contribution in [0.3, 0.4) is 0 Å². The summed E-state index contributed by atoms with van der Waals surface area (Å²) in [5, 5.41) is 4.22. The third kappa shape index (κ3) is 4.08. The molecular weight excluding hydrogens is 530 g/mol. The number of rotatable bonds is 5. The Morgan fingerprint density at radius 3 is 2.65 bits per heavy atom. The number of nitrogens with two attached hydrogens (primary N) is 1. The first-order valence-electron chi connectivity index (χ1n) is 12.2. The molecule has 10 nitrogen and oxygen atoms in total. The number of hydrogen-bond donors (Lipinski definition) is 1. The number of nitrogen functional groups attached to an aromatic ring is 1. The molecule has 40 heavy (non-hydrogen) atoms. The number of pyridine rings is 1. The van der Waals surface area contributed by atoms with E-state index in [9.17, 15) is 18.0 Å². The van der Waals surface area contributed by atoms with Gasteiger partial charge in [0.15, 0.2) is 0 Å². The Morgan fingerprint density at radius 1 is 1.10 bits per heavy atom. The maximum atomic E-state index is 15.5. The summed E-state index contributed by atoms with van der Waals surface area (Å²) < 4.78 is 59.6. The molecule has 14 heteroatoms. The number of aryl methyl sites for hydroxylation is 2. The molecular formula is C26H21F4N9O. The normalized spacial score (nSPS) is 12.2. The highest BCUT2D eigenvalue weighted by Crippen LogP contribution is 2.30. The maximum absolute atomic E-state index is 15.5. The molecule has 0 fully saturated rings. The van der Waals surface area contributed by atoms with Gasteiger partial charge in [-0.3, -0.25) is 14.1 Å². The number of hydrogen-bond acceptors (Lipinski definition) is 6. The molecule has 0 radical (unpaired) electrons. The number of amides is 1. The summed E-state index contributed by atoms with van der Waals surface area (Å²) in [6, 6.07) is 6.30. The highest BCUT2D eigenvalue weighted by molar-refractivity contribution is 6.07. The minimum absolute atomic E-state index is 0.162. The van der Waals surface area contributed by atoms with E-state index < -0.39 is 23.5 Å². The number of carbonyl (C=O) groups excluding carboxylic acids is 1. The lowest BCUT2D eigenvalue weighted by atomic mass is 10.1. The zero-order chi connectivity index (χ0) is 28.3. The Bertz CT molecular complexity index is 1940. The Labute approximate surface area is 223 Å². The van der Waals surface area contributed by atoms with Crippen LogP contribution in [-0.4, -0.2) is 39.4 Å². The van der Waals surface area contributed by atoms with Crippen LogP contribution in [0.4, 0.5) is 29.2 Å². The molecule has 1 aromatic carbocycles. The van der Waals surface area contributed by atoms with Gasteiger partial charge >= 0.3 is 6.18 Å². The second-order valence-electron chi connectivity index (χ2n) is 9.15. The van der Waals surface area contributed by atoms with Crippen molar-refractivity contribution in [2.75, 3.05) is 10.6 Å². The summed E-state index contributed by atoms with van der Waals surface area (Å²) >= 11 is 0. The number of alkyl halides is 3. The van der Waals surface area contributed by atoms with Crippen LogP contribution < -0.4 is 10.6 Å². The van der Waals surface area contributed by atoms with Crippen molar-refractivity contribution in [1.82, 2.24) is 33.5 Å². The lowest BCUT2D eigenvalue weighted by Gasteiger charge is -2.23. The van der Waals surface area contributed by atoms with Gasteiger partial charge in [-0.05, 0) is 32.0 Å². The van der Waals surface area contributed by atoms with E-state index in [0.29, 0.717) is 34.9 Å². The van der Waals surface area contributed by atoms with Crippen LogP contribution >= 0.6 is 0 Å². The summed E-state index contributed by atoms with van der Waals surface area (Å²) in [6.07, 6.45) is 0.844. The molecule has 0 aliphatic heterocycles. The number of carbonyl (C=O) groups is 1. The number of benzene rings is 1. The Morgan fingerprint density at radius 2 is 1.90 bits per heavy atom. The summed E-state index contributed by atoms with van der Waals surface area (Å²) in [5.41, 5.74) is 6.68. The van der Waals surface area contributed by atoms with Crippen LogP contribution in [0.25, 0.3) is 22.2 Å². The van der Waals surface area contributed by atoms with Crippen LogP contribution in [0, 0.1) is 12.7 Å². The minimum atomic E-state index is -4.53. The molecule has 5 aromatic heterocycles. The number of halogens is 4. The highest BCUT2D eigenvalue weighted by Gasteiger charge is 2.31. The summed E-state index contributed by atoms with van der Waals surface area (Å²) in [5.74, 6) is -0.424. The van der Waals surface area contributed by atoms with Gasteiger partial charge in [0.05, 0.1) is 46.8 Å². The molecule has 0 atom stereocenters. The lowest BCUT2D eigenvalue weighted by molar-refractivity contribution is -0.137. The molecule has 204 valence electrons. The predicted molar refractivity (Wildman–Crippen MR) is 138 cm³/mol. The molecule has 6 aromatic rings. The van der Waals surface area contributed by atoms with Gasteiger partial charge in [0, 0.05) is 31.1 Å². The first-order valence-corrected chi connectivity index (χ1v) is 12.2. The van der Waals surface area contributed by atoms with Crippen molar-refractivity contribution >= 4 is 39.7 Å². The average Bonchev–Trinajstić information content (AvgIpc) is 3.64. The van der Waals surface area contributed by atoms with Crippen molar-refractivity contribution in [2.45, 2.75) is 33.1 Å². The second-order valence-corrected chi connectivity index (χ2v) is 9.15. The zero-order valence-electron chi connectivity index (χ0n) is 21.2. The predicted octanol–water partition coefficient (Wildman–Crippen LogP) is 4.64. The van der Waals surface area contributed by atoms with Gasteiger partial charge in [0.1, 0.15) is 34.4 Å². The fourth-order valence-electron chi connectivity index (χ4n) is 4.75. The molecule has 0 saturated carbocycles. The largest absolute Gasteiger partial charge is 0.417 e. The standard InChI is InChI=1S/C26H21F4N9O/c1-3-38-23(6-7-33-38)37(13-16-12-36-11-15(26(28,29)30)4-5-22(36)34-16)25(40)17-8-20-19(9-18(17)27)35-24(31)21-10-32-14(2)39(20)21/h4-12H,3,13H2,1-2H3,(H2,31,35). The highest BCUT2D eigenvalue weighted by atomic mass is 19.4. The Hall–Kier alpha value is -5.01. The van der Waals surface area contributed by atoms with Crippen LogP contribution in [0.5, 0.6) is 0 Å². The molecule has 0 bridgehead atoms. The van der Waals surface area contributed by atoms with E-state index in [-0.39, 0.29) is 29.1 Å². The molecule has 2 N–H and O–H groups in total. The van der Waals surface area contributed by atoms with Crippen molar-refractivity contribution in [3.05, 3.63) is 83.6 Å². The molecule has 0 unspecified atom stereocenters. The van der Waals surface area contributed by atoms with Crippen LogP contribution in [0.1, 0.15) is 34.4 Å². The monoisotopic (exact) mass is 551 g/mol. The number of imidazole rings is 2. The second kappa shape index (κ2) is 9.03. The number of anilines is 2. The topological polar surface area (TPSA) is 112 Å². The van der Waals surface area contributed by atoms with Gasteiger partial charge in [-0.2, -0.15) is 18.3 Å². The van der Waals surface area contributed by atoms with Crippen molar-refractivity contribution < 1.29 is 22.4 Å². The van der Waals surface area contributed by atoms with E-state index in [2.05, 4.69) is 20.1 Å². The maximum Gasteiger partial charge on any atom is 0.417 e. The van der Waals surface area contributed by atoms with E-state index in [1.165, 1.54) is 33.8 Å². The quantitative estimate of drug-likeness (QED) is 0.313. The minimum Gasteiger partial charge on any atom is -0.382 e. The fraction of sp³-hybridized carbons (Fsp3) is 0.192. The SMILES string of the molecule is CCn1nccc1N(Cc1cn2cc(C(F)(F)F)ccc2n1)C(=O)c1cc2c(cc1F)nc(N)c1cnc(C)n12. The molecule has 5 heterocycles. The van der Waals surface area contributed by atoms with E-state index in [1.54, 1.807) is 28.3 Å². The first kappa shape index (κ1) is 25.3. The zero-order valence-corrected chi connectivity index (χ0v) is 21.2. The molecule has 0 aliphatic rings. The Kier molecular flexibility index (Phi) is 5.71. The van der Waals surface area contributed by atoms with Crippen molar-refractivity contribution in [1.29, 1.82) is 0 Å². The van der Waals surface area contributed by atoms with Gasteiger partial charge in [-0.25, -0.2) is 24.0 Å². The third-order valence-corrected chi connectivity index (χ3v) is 6.64. The number of aromatic nitrogens is 7. The Balaban J connectivity index is 1.47. The summed E-state index contributed by atoms with van der Waals surface area (Å²) in [4.78, 5) is 28.2. The molecule has 6 rings (SSSR count). The lowest BCUT2D eigenvalue weighted by Crippen LogP contribution is -2.33. The molecule has 0 saturated heterocycles.